The lowest BCUT2D eigenvalue weighted by Gasteiger charge is -2.41. The van der Waals surface area contributed by atoms with Crippen molar-refractivity contribution >= 4 is 0 Å². The van der Waals surface area contributed by atoms with E-state index in [0.29, 0.717) is 12.5 Å². The maximum atomic E-state index is 5.99. The van der Waals surface area contributed by atoms with Crippen molar-refractivity contribution in [1.29, 1.82) is 0 Å². The van der Waals surface area contributed by atoms with Crippen molar-refractivity contribution in [2.24, 2.45) is 5.73 Å². The third kappa shape index (κ3) is 3.37. The molecule has 3 N–H and O–H groups in total. The first kappa shape index (κ1) is 14.1. The van der Waals surface area contributed by atoms with E-state index in [1.54, 1.807) is 0 Å². The molecular weight excluding hydrogens is 232 g/mol. The third-order valence-corrected chi connectivity index (χ3v) is 4.38. The highest BCUT2D eigenvalue weighted by Crippen LogP contribution is 2.37. The molecule has 2 nitrogen and oxygen atoms in total. The van der Waals surface area contributed by atoms with Gasteiger partial charge in [0.05, 0.1) is 6.04 Å². The van der Waals surface area contributed by atoms with Crippen molar-refractivity contribution in [3.63, 3.8) is 0 Å². The maximum Gasteiger partial charge on any atom is 0.0663 e. The molecular formula is C17H24N2. The van der Waals surface area contributed by atoms with Crippen LogP contribution in [0.4, 0.5) is 0 Å². The number of hydrogen-bond donors (Lipinski definition) is 2. The van der Waals surface area contributed by atoms with Gasteiger partial charge in [0.15, 0.2) is 0 Å². The number of hydrogen-bond acceptors (Lipinski definition) is 2. The Balaban J connectivity index is 1.99. The van der Waals surface area contributed by atoms with E-state index in [4.69, 9.17) is 12.2 Å². The first-order valence-electron chi connectivity index (χ1n) is 7.18. The SMILES string of the molecule is C#CC(C)NC1(CN)CCC(c2ccccc2)CC1. The number of rotatable bonds is 4. The minimum absolute atomic E-state index is 0.0388. The van der Waals surface area contributed by atoms with Gasteiger partial charge in [0.25, 0.3) is 0 Å². The number of nitrogens with two attached hydrogens (primary N) is 1. The Labute approximate surface area is 116 Å². The Morgan fingerprint density at radius 1 is 1.37 bits per heavy atom. The highest BCUT2D eigenvalue weighted by molar-refractivity contribution is 5.21. The van der Waals surface area contributed by atoms with E-state index in [1.807, 2.05) is 6.92 Å². The Kier molecular flexibility index (Phi) is 4.63. The van der Waals surface area contributed by atoms with Crippen LogP contribution in [0.5, 0.6) is 0 Å². The second-order valence-corrected chi connectivity index (χ2v) is 5.70. The molecule has 0 aliphatic heterocycles. The zero-order valence-corrected chi connectivity index (χ0v) is 11.7. The molecule has 1 aromatic carbocycles. The van der Waals surface area contributed by atoms with E-state index in [2.05, 4.69) is 41.6 Å². The van der Waals surface area contributed by atoms with Gasteiger partial charge in [-0.2, -0.15) is 0 Å². The third-order valence-electron chi connectivity index (χ3n) is 4.38. The fourth-order valence-electron chi connectivity index (χ4n) is 3.14. The van der Waals surface area contributed by atoms with Crippen molar-refractivity contribution in [3.8, 4) is 12.3 Å². The van der Waals surface area contributed by atoms with Crippen LogP contribution in [0.3, 0.4) is 0 Å². The fraction of sp³-hybridized carbons (Fsp3) is 0.529. The summed E-state index contributed by atoms with van der Waals surface area (Å²) in [5, 5.41) is 3.54. The Bertz CT molecular complexity index is 424. The highest BCUT2D eigenvalue weighted by Gasteiger charge is 2.35. The normalized spacial score (nSPS) is 28.6. The van der Waals surface area contributed by atoms with Gasteiger partial charge in [-0.1, -0.05) is 36.3 Å². The predicted octanol–water partition coefficient (Wildman–Crippen LogP) is 2.65. The van der Waals surface area contributed by atoms with Gasteiger partial charge in [-0.15, -0.1) is 6.42 Å². The van der Waals surface area contributed by atoms with Crippen molar-refractivity contribution < 1.29 is 0 Å². The summed E-state index contributed by atoms with van der Waals surface area (Å²) in [6, 6.07) is 10.9. The Morgan fingerprint density at radius 3 is 2.53 bits per heavy atom. The fourth-order valence-corrected chi connectivity index (χ4v) is 3.14. The molecule has 0 bridgehead atoms. The van der Waals surface area contributed by atoms with Crippen molar-refractivity contribution in [3.05, 3.63) is 35.9 Å². The molecule has 0 spiro atoms. The van der Waals surface area contributed by atoms with Crippen LogP contribution in [0.15, 0.2) is 30.3 Å². The van der Waals surface area contributed by atoms with Crippen LogP contribution in [0.1, 0.15) is 44.1 Å². The molecule has 1 atom stereocenters. The van der Waals surface area contributed by atoms with Crippen molar-refractivity contribution in [1.82, 2.24) is 5.32 Å². The Hall–Kier alpha value is -1.30. The van der Waals surface area contributed by atoms with Crippen LogP contribution < -0.4 is 11.1 Å². The first-order valence-corrected chi connectivity index (χ1v) is 7.18. The van der Waals surface area contributed by atoms with Gasteiger partial charge in [-0.25, -0.2) is 0 Å². The number of benzene rings is 1. The average Bonchev–Trinajstić information content (AvgIpc) is 2.48. The van der Waals surface area contributed by atoms with E-state index >= 15 is 0 Å². The van der Waals surface area contributed by atoms with E-state index < -0.39 is 0 Å². The maximum absolute atomic E-state index is 5.99. The van der Waals surface area contributed by atoms with Gasteiger partial charge in [0, 0.05) is 12.1 Å². The average molecular weight is 256 g/mol. The summed E-state index contributed by atoms with van der Waals surface area (Å²) in [6.07, 6.45) is 10.1. The topological polar surface area (TPSA) is 38.0 Å². The minimum atomic E-state index is 0.0388. The summed E-state index contributed by atoms with van der Waals surface area (Å²) in [4.78, 5) is 0. The van der Waals surface area contributed by atoms with Gasteiger partial charge >= 0.3 is 0 Å². The lowest BCUT2D eigenvalue weighted by atomic mass is 9.74. The van der Waals surface area contributed by atoms with Crippen LogP contribution in [0.2, 0.25) is 0 Å². The van der Waals surface area contributed by atoms with Crippen LogP contribution >= 0.6 is 0 Å². The molecule has 1 aromatic rings. The molecule has 0 radical (unpaired) electrons. The number of terminal acetylenes is 1. The molecule has 1 fully saturated rings. The lowest BCUT2D eigenvalue weighted by Crippen LogP contribution is -2.55. The first-order chi connectivity index (χ1) is 9.19. The van der Waals surface area contributed by atoms with E-state index in [9.17, 15) is 0 Å². The molecule has 19 heavy (non-hydrogen) atoms. The summed E-state index contributed by atoms with van der Waals surface area (Å²) >= 11 is 0. The van der Waals surface area contributed by atoms with Crippen LogP contribution in [0.25, 0.3) is 0 Å². The molecule has 2 rings (SSSR count). The van der Waals surface area contributed by atoms with Gasteiger partial charge in [0.1, 0.15) is 0 Å². The predicted molar refractivity (Wildman–Crippen MR) is 80.9 cm³/mol. The second-order valence-electron chi connectivity index (χ2n) is 5.70. The quantitative estimate of drug-likeness (QED) is 0.813. The van der Waals surface area contributed by atoms with Crippen molar-refractivity contribution in [2.75, 3.05) is 6.54 Å². The summed E-state index contributed by atoms with van der Waals surface area (Å²) in [6.45, 7) is 2.70. The molecule has 1 saturated carbocycles. The molecule has 1 aliphatic carbocycles. The van der Waals surface area contributed by atoms with Gasteiger partial charge in [0.2, 0.25) is 0 Å². The molecule has 1 aliphatic rings. The molecule has 102 valence electrons. The molecule has 0 saturated heterocycles. The van der Waals surface area contributed by atoms with Gasteiger partial charge < -0.3 is 5.73 Å². The molecule has 0 aromatic heterocycles. The lowest BCUT2D eigenvalue weighted by molar-refractivity contribution is 0.215. The summed E-state index contributed by atoms with van der Waals surface area (Å²) in [5.74, 6) is 3.42. The van der Waals surface area contributed by atoms with Crippen LogP contribution in [-0.2, 0) is 0 Å². The van der Waals surface area contributed by atoms with Gasteiger partial charge in [-0.05, 0) is 44.1 Å². The van der Waals surface area contributed by atoms with Gasteiger partial charge in [-0.3, -0.25) is 5.32 Å². The number of nitrogens with one attached hydrogen (secondary N) is 1. The summed E-state index contributed by atoms with van der Waals surface area (Å²) in [5.41, 5.74) is 7.49. The molecule has 0 amide bonds. The Morgan fingerprint density at radius 2 is 2.00 bits per heavy atom. The van der Waals surface area contributed by atoms with E-state index in [1.165, 1.54) is 18.4 Å². The van der Waals surface area contributed by atoms with Crippen LogP contribution in [-0.4, -0.2) is 18.1 Å². The molecule has 0 heterocycles. The smallest absolute Gasteiger partial charge is 0.0663 e. The molecule has 1 unspecified atom stereocenters. The van der Waals surface area contributed by atoms with Crippen LogP contribution in [0, 0.1) is 12.3 Å². The standard InChI is InChI=1S/C17H24N2/c1-3-14(2)19-17(13-18)11-9-16(10-12-17)15-7-5-4-6-8-15/h1,4-8,14,16,19H,9-13,18H2,2H3. The highest BCUT2D eigenvalue weighted by atomic mass is 15.0. The summed E-state index contributed by atoms with van der Waals surface area (Å²) < 4.78 is 0. The monoisotopic (exact) mass is 256 g/mol. The zero-order valence-electron chi connectivity index (χ0n) is 11.7. The van der Waals surface area contributed by atoms with E-state index in [0.717, 1.165) is 12.8 Å². The largest absolute Gasteiger partial charge is 0.329 e. The summed E-state index contributed by atoms with van der Waals surface area (Å²) in [7, 11) is 0. The second kappa shape index (κ2) is 6.23. The van der Waals surface area contributed by atoms with E-state index in [-0.39, 0.29) is 11.6 Å². The van der Waals surface area contributed by atoms with Crippen molar-refractivity contribution in [2.45, 2.75) is 50.1 Å². The molecule has 2 heteroatoms. The minimum Gasteiger partial charge on any atom is -0.329 e. The zero-order chi connectivity index (χ0) is 13.7.